The molecule has 114 valence electrons. The third-order valence-corrected chi connectivity index (χ3v) is 4.56. The van der Waals surface area contributed by atoms with Crippen LogP contribution in [0.5, 0.6) is 0 Å². The summed E-state index contributed by atoms with van der Waals surface area (Å²) in [5.74, 6) is 0. The van der Waals surface area contributed by atoms with Crippen molar-refractivity contribution in [2.45, 2.75) is 45.3 Å². The van der Waals surface area contributed by atoms with E-state index in [0.29, 0.717) is 28.1 Å². The molecule has 2 aromatic rings. The molecule has 0 saturated carbocycles. The van der Waals surface area contributed by atoms with Crippen LogP contribution in [0.25, 0.3) is 0 Å². The van der Waals surface area contributed by atoms with Crippen molar-refractivity contribution in [3.05, 3.63) is 51.8 Å². The van der Waals surface area contributed by atoms with E-state index in [0.717, 1.165) is 18.5 Å². The number of rotatable bonds is 6. The molecule has 0 aliphatic rings. The maximum absolute atomic E-state index is 10.3. The van der Waals surface area contributed by atoms with Gasteiger partial charge in [-0.3, -0.25) is 4.68 Å². The van der Waals surface area contributed by atoms with Gasteiger partial charge < -0.3 is 5.11 Å². The van der Waals surface area contributed by atoms with Crippen LogP contribution in [0.4, 0.5) is 0 Å². The molecule has 1 aromatic carbocycles. The van der Waals surface area contributed by atoms with Gasteiger partial charge in [0, 0.05) is 18.2 Å². The van der Waals surface area contributed by atoms with Crippen LogP contribution >= 0.6 is 23.2 Å². The molecule has 0 bridgehead atoms. The van der Waals surface area contributed by atoms with E-state index in [1.165, 1.54) is 0 Å². The topological polar surface area (TPSA) is 38.0 Å². The first-order chi connectivity index (χ1) is 10.1. The molecule has 2 rings (SSSR count). The second kappa shape index (κ2) is 7.30. The maximum atomic E-state index is 10.3. The van der Waals surface area contributed by atoms with Crippen LogP contribution in [-0.2, 0) is 6.42 Å². The van der Waals surface area contributed by atoms with E-state index in [2.05, 4.69) is 18.9 Å². The Hall–Kier alpha value is -1.03. The Labute approximate surface area is 135 Å². The number of halogens is 2. The number of hydrogen-bond acceptors (Lipinski definition) is 2. The highest BCUT2D eigenvalue weighted by molar-refractivity contribution is 6.42. The number of aliphatic hydroxyl groups is 1. The molecule has 0 saturated heterocycles. The Morgan fingerprint density at radius 1 is 1.19 bits per heavy atom. The summed E-state index contributed by atoms with van der Waals surface area (Å²) >= 11 is 12.1. The van der Waals surface area contributed by atoms with Crippen LogP contribution in [0.1, 0.15) is 50.1 Å². The zero-order valence-corrected chi connectivity index (χ0v) is 13.8. The van der Waals surface area contributed by atoms with Gasteiger partial charge in [0.2, 0.25) is 0 Å². The van der Waals surface area contributed by atoms with Gasteiger partial charge in [0.15, 0.2) is 0 Å². The largest absolute Gasteiger partial charge is 0.388 e. The molecule has 0 aliphatic heterocycles. The van der Waals surface area contributed by atoms with Crippen LogP contribution < -0.4 is 0 Å². The number of nitrogens with zero attached hydrogens (tertiary/aromatic N) is 2. The third kappa shape index (κ3) is 3.79. The molecule has 21 heavy (non-hydrogen) atoms. The van der Waals surface area contributed by atoms with Gasteiger partial charge in [-0.15, -0.1) is 0 Å². The van der Waals surface area contributed by atoms with E-state index in [4.69, 9.17) is 23.2 Å². The smallest absolute Gasteiger partial charge is 0.0861 e. The minimum atomic E-state index is -0.707. The van der Waals surface area contributed by atoms with Gasteiger partial charge in [0.1, 0.15) is 0 Å². The second-order valence-electron chi connectivity index (χ2n) is 5.12. The summed E-state index contributed by atoms with van der Waals surface area (Å²) in [6.45, 7) is 4.30. The highest BCUT2D eigenvalue weighted by Gasteiger charge is 2.16. The zero-order valence-electron chi connectivity index (χ0n) is 12.3. The van der Waals surface area contributed by atoms with E-state index in [1.54, 1.807) is 18.2 Å². The SMILES string of the molecule is CCC(CC)n1ccc(CC(O)c2cccc(Cl)c2Cl)n1. The second-order valence-corrected chi connectivity index (χ2v) is 5.91. The van der Waals surface area contributed by atoms with E-state index < -0.39 is 6.10 Å². The number of aromatic nitrogens is 2. The molecule has 5 heteroatoms. The molecule has 1 aromatic heterocycles. The molecule has 0 aliphatic carbocycles. The van der Waals surface area contributed by atoms with Gasteiger partial charge in [0.25, 0.3) is 0 Å². The van der Waals surface area contributed by atoms with Crippen molar-refractivity contribution < 1.29 is 5.11 Å². The normalized spacial score (nSPS) is 12.9. The van der Waals surface area contributed by atoms with Crippen molar-refractivity contribution in [1.82, 2.24) is 9.78 Å². The summed E-state index contributed by atoms with van der Waals surface area (Å²) in [7, 11) is 0. The molecule has 0 fully saturated rings. The van der Waals surface area contributed by atoms with Gasteiger partial charge in [-0.05, 0) is 25.0 Å². The molecule has 1 N–H and O–H groups in total. The van der Waals surface area contributed by atoms with Crippen molar-refractivity contribution >= 4 is 23.2 Å². The molecule has 1 atom stereocenters. The van der Waals surface area contributed by atoms with Crippen molar-refractivity contribution in [2.75, 3.05) is 0 Å². The lowest BCUT2D eigenvalue weighted by atomic mass is 10.1. The molecule has 1 heterocycles. The fourth-order valence-corrected chi connectivity index (χ4v) is 2.87. The van der Waals surface area contributed by atoms with Gasteiger partial charge in [0.05, 0.1) is 27.9 Å². The Morgan fingerprint density at radius 3 is 2.57 bits per heavy atom. The number of aliphatic hydroxyl groups excluding tert-OH is 1. The first kappa shape index (κ1) is 16.3. The van der Waals surface area contributed by atoms with Crippen molar-refractivity contribution in [3.63, 3.8) is 0 Å². The minimum absolute atomic E-state index is 0.408. The molecule has 3 nitrogen and oxygen atoms in total. The Bertz CT molecular complexity index is 594. The summed E-state index contributed by atoms with van der Waals surface area (Å²) in [5, 5.41) is 15.8. The molecule has 0 spiro atoms. The predicted molar refractivity (Wildman–Crippen MR) is 87.0 cm³/mol. The average Bonchev–Trinajstić information content (AvgIpc) is 2.91. The fourth-order valence-electron chi connectivity index (χ4n) is 2.44. The van der Waals surface area contributed by atoms with E-state index in [1.807, 2.05) is 16.9 Å². The Balaban J connectivity index is 2.13. The summed E-state index contributed by atoms with van der Waals surface area (Å²) in [6.07, 6.45) is 3.77. The lowest BCUT2D eigenvalue weighted by Crippen LogP contribution is -2.09. The van der Waals surface area contributed by atoms with Crippen LogP contribution in [0, 0.1) is 0 Å². The first-order valence-electron chi connectivity index (χ1n) is 7.22. The maximum Gasteiger partial charge on any atom is 0.0861 e. The molecular formula is C16H20Cl2N2O. The quantitative estimate of drug-likeness (QED) is 0.825. The lowest BCUT2D eigenvalue weighted by molar-refractivity contribution is 0.177. The minimum Gasteiger partial charge on any atom is -0.388 e. The number of benzene rings is 1. The summed E-state index contributed by atoms with van der Waals surface area (Å²) in [6, 6.07) is 7.64. The van der Waals surface area contributed by atoms with Crippen LogP contribution in [-0.4, -0.2) is 14.9 Å². The Morgan fingerprint density at radius 2 is 1.90 bits per heavy atom. The van der Waals surface area contributed by atoms with Crippen LogP contribution in [0.2, 0.25) is 10.0 Å². The van der Waals surface area contributed by atoms with E-state index in [-0.39, 0.29) is 0 Å². The van der Waals surface area contributed by atoms with Crippen molar-refractivity contribution in [3.8, 4) is 0 Å². The fraction of sp³-hybridized carbons (Fsp3) is 0.438. The molecular weight excluding hydrogens is 307 g/mol. The highest BCUT2D eigenvalue weighted by atomic mass is 35.5. The summed E-state index contributed by atoms with van der Waals surface area (Å²) < 4.78 is 1.97. The average molecular weight is 327 g/mol. The van der Waals surface area contributed by atoms with Gasteiger partial charge in [-0.25, -0.2) is 0 Å². The first-order valence-corrected chi connectivity index (χ1v) is 7.98. The van der Waals surface area contributed by atoms with Gasteiger partial charge in [-0.1, -0.05) is 49.2 Å². The van der Waals surface area contributed by atoms with Gasteiger partial charge in [-0.2, -0.15) is 5.10 Å². The van der Waals surface area contributed by atoms with Gasteiger partial charge >= 0.3 is 0 Å². The highest BCUT2D eigenvalue weighted by Crippen LogP contribution is 2.31. The van der Waals surface area contributed by atoms with Crippen molar-refractivity contribution in [1.29, 1.82) is 0 Å². The molecule has 0 amide bonds. The number of hydrogen-bond donors (Lipinski definition) is 1. The molecule has 1 unspecified atom stereocenters. The lowest BCUT2D eigenvalue weighted by Gasteiger charge is -2.14. The van der Waals surface area contributed by atoms with E-state index in [9.17, 15) is 5.11 Å². The van der Waals surface area contributed by atoms with E-state index >= 15 is 0 Å². The predicted octanol–water partition coefficient (Wildman–Crippen LogP) is 4.83. The standard InChI is InChI=1S/C16H20Cl2N2O/c1-3-12(4-2)20-9-8-11(19-20)10-15(21)13-6-5-7-14(17)16(13)18/h5-9,12,15,21H,3-4,10H2,1-2H3. The van der Waals surface area contributed by atoms with Crippen LogP contribution in [0.3, 0.4) is 0 Å². The van der Waals surface area contributed by atoms with Crippen molar-refractivity contribution in [2.24, 2.45) is 0 Å². The third-order valence-electron chi connectivity index (χ3n) is 3.72. The summed E-state index contributed by atoms with van der Waals surface area (Å²) in [4.78, 5) is 0. The zero-order chi connectivity index (χ0) is 15.4. The Kier molecular flexibility index (Phi) is 5.68. The monoisotopic (exact) mass is 326 g/mol. The summed E-state index contributed by atoms with van der Waals surface area (Å²) in [5.41, 5.74) is 1.49. The molecule has 0 radical (unpaired) electrons. The van der Waals surface area contributed by atoms with Crippen LogP contribution in [0.15, 0.2) is 30.5 Å².